The molecule has 0 unspecified atom stereocenters. The number of anilines is 1. The van der Waals surface area contributed by atoms with Crippen LogP contribution in [0.1, 0.15) is 13.3 Å². The van der Waals surface area contributed by atoms with E-state index in [1.807, 2.05) is 17.2 Å². The van der Waals surface area contributed by atoms with Crippen molar-refractivity contribution in [3.63, 3.8) is 0 Å². The number of nitrogens with zero attached hydrogens (tertiary/aromatic N) is 1. The zero-order chi connectivity index (χ0) is 13.1. The van der Waals surface area contributed by atoms with Crippen LogP contribution in [0.2, 0.25) is 0 Å². The molecular formula is C12H14BrNO3S. The molecule has 2 aromatic rings. The Morgan fingerprint density at radius 1 is 1.50 bits per heavy atom. The fourth-order valence-corrected chi connectivity index (χ4v) is 3.23. The summed E-state index contributed by atoms with van der Waals surface area (Å²) in [6, 6.07) is 1.50. The van der Waals surface area contributed by atoms with Gasteiger partial charge in [0.15, 0.2) is 11.5 Å². The van der Waals surface area contributed by atoms with Crippen LogP contribution >= 0.6 is 27.3 Å². The largest absolute Gasteiger partial charge is 0.438 e. The van der Waals surface area contributed by atoms with E-state index in [-0.39, 0.29) is 12.0 Å². The van der Waals surface area contributed by atoms with Crippen molar-refractivity contribution in [1.82, 2.24) is 0 Å². The zero-order valence-corrected chi connectivity index (χ0v) is 12.4. The highest BCUT2D eigenvalue weighted by atomic mass is 79.9. The van der Waals surface area contributed by atoms with Gasteiger partial charge in [-0.05, 0) is 22.4 Å². The molecule has 0 saturated heterocycles. The van der Waals surface area contributed by atoms with Gasteiger partial charge < -0.3 is 14.4 Å². The van der Waals surface area contributed by atoms with Crippen LogP contribution in [0.4, 0.5) is 5.88 Å². The lowest BCUT2D eigenvalue weighted by Crippen LogP contribution is -2.28. The molecule has 0 spiro atoms. The zero-order valence-electron chi connectivity index (χ0n) is 9.98. The van der Waals surface area contributed by atoms with Crippen molar-refractivity contribution >= 4 is 43.4 Å². The number of aliphatic hydroxyl groups is 1. The van der Waals surface area contributed by atoms with Crippen LogP contribution in [-0.2, 0) is 0 Å². The van der Waals surface area contributed by atoms with Gasteiger partial charge in [-0.15, -0.1) is 11.3 Å². The predicted octanol–water partition coefficient (Wildman–Crippen LogP) is 2.83. The molecule has 0 radical (unpaired) electrons. The Balaban J connectivity index is 2.49. The van der Waals surface area contributed by atoms with Gasteiger partial charge in [-0.2, -0.15) is 0 Å². The molecule has 0 bridgehead atoms. The highest BCUT2D eigenvalue weighted by Gasteiger charge is 2.14. The molecule has 0 aliphatic carbocycles. The van der Waals surface area contributed by atoms with Crippen LogP contribution in [0.5, 0.6) is 0 Å². The van der Waals surface area contributed by atoms with Gasteiger partial charge >= 0.3 is 0 Å². The number of fused-ring (bicyclic) bond motifs is 1. The summed E-state index contributed by atoms with van der Waals surface area (Å²) in [6.07, 6.45) is 0.923. The third-order valence-electron chi connectivity index (χ3n) is 2.56. The van der Waals surface area contributed by atoms with E-state index in [1.54, 1.807) is 0 Å². The van der Waals surface area contributed by atoms with Crippen LogP contribution in [0.3, 0.4) is 0 Å². The van der Waals surface area contributed by atoms with Crippen LogP contribution < -0.4 is 10.3 Å². The molecule has 6 heteroatoms. The average Bonchev–Trinajstić information content (AvgIpc) is 2.72. The standard InChI is InChI=1S/C12H14BrNO3S/c1-2-3-14(4-5-15)10-6-9(16)12-11(17-10)8(13)7-18-12/h6-7,15H,2-5H2,1H3. The Hall–Kier alpha value is -0.850. The summed E-state index contributed by atoms with van der Waals surface area (Å²) in [5.74, 6) is 0.516. The molecule has 0 aliphatic heterocycles. The molecule has 98 valence electrons. The fraction of sp³-hybridized carbons (Fsp3) is 0.417. The summed E-state index contributed by atoms with van der Waals surface area (Å²) >= 11 is 4.74. The van der Waals surface area contributed by atoms with E-state index >= 15 is 0 Å². The minimum absolute atomic E-state index is 0.0343. The Kier molecular flexibility index (Phi) is 4.42. The number of aliphatic hydroxyl groups excluding tert-OH is 1. The first-order chi connectivity index (χ1) is 8.67. The lowest BCUT2D eigenvalue weighted by molar-refractivity contribution is 0.299. The predicted molar refractivity (Wildman–Crippen MR) is 77.7 cm³/mol. The molecule has 0 aromatic carbocycles. The fourth-order valence-electron chi connectivity index (χ4n) is 1.78. The van der Waals surface area contributed by atoms with Gasteiger partial charge in [0.05, 0.1) is 11.1 Å². The van der Waals surface area contributed by atoms with E-state index in [0.29, 0.717) is 22.7 Å². The van der Waals surface area contributed by atoms with Crippen LogP contribution in [0.15, 0.2) is 25.1 Å². The van der Waals surface area contributed by atoms with E-state index in [2.05, 4.69) is 15.9 Å². The number of hydrogen-bond donors (Lipinski definition) is 1. The van der Waals surface area contributed by atoms with E-state index in [0.717, 1.165) is 17.4 Å². The average molecular weight is 332 g/mol. The maximum absolute atomic E-state index is 12.0. The molecule has 2 aromatic heterocycles. The van der Waals surface area contributed by atoms with E-state index in [9.17, 15) is 4.79 Å². The first kappa shape index (κ1) is 13.6. The number of thiophene rings is 1. The molecule has 2 heterocycles. The van der Waals surface area contributed by atoms with Gasteiger partial charge in [0, 0.05) is 24.5 Å². The van der Waals surface area contributed by atoms with Gasteiger partial charge in [-0.25, -0.2) is 0 Å². The van der Waals surface area contributed by atoms with Crippen molar-refractivity contribution in [1.29, 1.82) is 0 Å². The molecule has 0 saturated carbocycles. The smallest absolute Gasteiger partial charge is 0.204 e. The Labute approximate surface area is 117 Å². The quantitative estimate of drug-likeness (QED) is 0.915. The summed E-state index contributed by atoms with van der Waals surface area (Å²) in [5.41, 5.74) is 0.544. The number of rotatable bonds is 5. The molecular weight excluding hydrogens is 318 g/mol. The molecule has 4 nitrogen and oxygen atoms in total. The summed E-state index contributed by atoms with van der Waals surface area (Å²) in [5, 5.41) is 10.9. The maximum atomic E-state index is 12.0. The van der Waals surface area contributed by atoms with Gasteiger partial charge in [-0.1, -0.05) is 6.92 Å². The third kappa shape index (κ3) is 2.60. The highest BCUT2D eigenvalue weighted by molar-refractivity contribution is 9.10. The second-order valence-electron chi connectivity index (χ2n) is 3.90. The molecule has 0 aliphatic rings. The minimum atomic E-state index is -0.0407. The Bertz CT molecular complexity index is 587. The van der Waals surface area contributed by atoms with E-state index in [1.165, 1.54) is 17.4 Å². The summed E-state index contributed by atoms with van der Waals surface area (Å²) in [4.78, 5) is 13.8. The first-order valence-electron chi connectivity index (χ1n) is 5.74. The Morgan fingerprint density at radius 3 is 2.94 bits per heavy atom. The first-order valence-corrected chi connectivity index (χ1v) is 7.41. The van der Waals surface area contributed by atoms with Crippen molar-refractivity contribution in [2.45, 2.75) is 13.3 Å². The molecule has 2 rings (SSSR count). The molecule has 18 heavy (non-hydrogen) atoms. The summed E-state index contributed by atoms with van der Waals surface area (Å²) < 4.78 is 7.17. The maximum Gasteiger partial charge on any atom is 0.204 e. The summed E-state index contributed by atoms with van der Waals surface area (Å²) in [7, 11) is 0. The topological polar surface area (TPSA) is 53.7 Å². The normalized spacial score (nSPS) is 11.1. The lowest BCUT2D eigenvalue weighted by atomic mass is 10.3. The minimum Gasteiger partial charge on any atom is -0.438 e. The van der Waals surface area contributed by atoms with E-state index in [4.69, 9.17) is 9.52 Å². The summed E-state index contributed by atoms with van der Waals surface area (Å²) in [6.45, 7) is 3.29. The van der Waals surface area contributed by atoms with Crippen LogP contribution in [-0.4, -0.2) is 24.8 Å². The van der Waals surface area contributed by atoms with Gasteiger partial charge in [-0.3, -0.25) is 4.79 Å². The van der Waals surface area contributed by atoms with Crippen LogP contribution in [0.25, 0.3) is 10.3 Å². The van der Waals surface area contributed by atoms with Crippen molar-refractivity contribution in [2.75, 3.05) is 24.6 Å². The van der Waals surface area contributed by atoms with Crippen LogP contribution in [0, 0.1) is 0 Å². The Morgan fingerprint density at radius 2 is 2.28 bits per heavy atom. The van der Waals surface area contributed by atoms with Crippen molar-refractivity contribution in [2.24, 2.45) is 0 Å². The molecule has 0 amide bonds. The SMILES string of the molecule is CCCN(CCO)c1cc(=O)c2scc(Br)c2o1. The monoisotopic (exact) mass is 331 g/mol. The van der Waals surface area contributed by atoms with Gasteiger partial charge in [0.2, 0.25) is 5.43 Å². The van der Waals surface area contributed by atoms with Gasteiger partial charge in [0.25, 0.3) is 0 Å². The lowest BCUT2D eigenvalue weighted by Gasteiger charge is -2.21. The number of hydrogen-bond acceptors (Lipinski definition) is 5. The molecule has 0 fully saturated rings. The second kappa shape index (κ2) is 5.86. The van der Waals surface area contributed by atoms with E-state index < -0.39 is 0 Å². The number of halogens is 1. The molecule has 0 atom stereocenters. The van der Waals surface area contributed by atoms with Crippen molar-refractivity contribution < 1.29 is 9.52 Å². The molecule has 1 N–H and O–H groups in total. The van der Waals surface area contributed by atoms with Crippen molar-refractivity contribution in [3.05, 3.63) is 26.1 Å². The highest BCUT2D eigenvalue weighted by Crippen LogP contribution is 2.30. The second-order valence-corrected chi connectivity index (χ2v) is 5.64. The van der Waals surface area contributed by atoms with Gasteiger partial charge in [0.1, 0.15) is 4.70 Å². The van der Waals surface area contributed by atoms with Crippen molar-refractivity contribution in [3.8, 4) is 0 Å². The third-order valence-corrected chi connectivity index (χ3v) is 4.43.